The van der Waals surface area contributed by atoms with Crippen LogP contribution in [-0.4, -0.2) is 12.7 Å². The molecule has 1 aliphatic heterocycles. The smallest absolute Gasteiger partial charge is 0.145 e. The van der Waals surface area contributed by atoms with E-state index in [-0.39, 0.29) is 0 Å². The minimum Gasteiger partial charge on any atom is -0.455 e. The van der Waals surface area contributed by atoms with E-state index in [4.69, 9.17) is 9.15 Å². The van der Waals surface area contributed by atoms with E-state index >= 15 is 0 Å². The Kier molecular flexibility index (Phi) is 3.77. The summed E-state index contributed by atoms with van der Waals surface area (Å²) in [4.78, 5) is 2.63. The van der Waals surface area contributed by atoms with Crippen molar-refractivity contribution in [2.75, 3.05) is 6.61 Å². The van der Waals surface area contributed by atoms with E-state index in [2.05, 4.69) is 43.3 Å². The first-order valence-electron chi connectivity index (χ1n) is 8.05. The van der Waals surface area contributed by atoms with Crippen LogP contribution in [0.5, 0.6) is 0 Å². The van der Waals surface area contributed by atoms with Crippen LogP contribution < -0.4 is 0 Å². The second-order valence-corrected chi connectivity index (χ2v) is 7.08. The fourth-order valence-corrected chi connectivity index (χ4v) is 3.82. The molecule has 2 aromatic heterocycles. The van der Waals surface area contributed by atoms with E-state index in [1.54, 1.807) is 0 Å². The molecule has 1 atom stereocenters. The third-order valence-corrected chi connectivity index (χ3v) is 5.52. The molecule has 3 heterocycles. The second kappa shape index (κ2) is 5.90. The van der Waals surface area contributed by atoms with Gasteiger partial charge in [-0.05, 0) is 55.5 Å². The Balaban J connectivity index is 1.61. The molecule has 0 bridgehead atoms. The highest BCUT2D eigenvalue weighted by molar-refractivity contribution is 7.15. The molecule has 3 aromatic rings. The van der Waals surface area contributed by atoms with E-state index in [1.807, 2.05) is 11.3 Å². The van der Waals surface area contributed by atoms with Crippen molar-refractivity contribution < 1.29 is 9.15 Å². The number of rotatable bonds is 6. The highest BCUT2D eigenvalue weighted by Gasteiger charge is 2.21. The summed E-state index contributed by atoms with van der Waals surface area (Å²) in [6.45, 7) is 3.15. The SMILES string of the molecule is CCc1ccc(-c2cc3c(CCC[C@H]4CO4)cccc3o2)s1. The van der Waals surface area contributed by atoms with E-state index in [9.17, 15) is 0 Å². The van der Waals surface area contributed by atoms with Crippen LogP contribution in [0.3, 0.4) is 0 Å². The monoisotopic (exact) mass is 312 g/mol. The minimum atomic E-state index is 0.526. The standard InChI is InChI=1S/C19H20O2S/c1-2-15-9-10-19(22-15)18-11-16-13(5-3-7-14-12-20-14)6-4-8-17(16)21-18/h4,6,8-11,14H,2-3,5,7,12H2,1H3/t14-/m0/s1. The van der Waals surface area contributed by atoms with Crippen LogP contribution in [-0.2, 0) is 17.6 Å². The Morgan fingerprint density at radius 1 is 1.23 bits per heavy atom. The van der Waals surface area contributed by atoms with Crippen molar-refractivity contribution in [2.45, 2.75) is 38.7 Å². The van der Waals surface area contributed by atoms with Gasteiger partial charge in [0.2, 0.25) is 0 Å². The van der Waals surface area contributed by atoms with Crippen LogP contribution in [0.15, 0.2) is 40.8 Å². The molecule has 1 aromatic carbocycles. The van der Waals surface area contributed by atoms with Crippen LogP contribution in [0.4, 0.5) is 0 Å². The molecule has 4 rings (SSSR count). The third-order valence-electron chi connectivity index (χ3n) is 4.28. The molecule has 0 amide bonds. The fraction of sp³-hybridized carbons (Fsp3) is 0.368. The molecular weight excluding hydrogens is 292 g/mol. The molecular formula is C19H20O2S. The fourth-order valence-electron chi connectivity index (χ4n) is 2.92. The number of ether oxygens (including phenoxy) is 1. The average Bonchev–Trinajstić information content (AvgIpc) is 3.07. The Labute approximate surface area is 134 Å². The van der Waals surface area contributed by atoms with Gasteiger partial charge in [0.05, 0.1) is 17.6 Å². The zero-order valence-corrected chi connectivity index (χ0v) is 13.6. The van der Waals surface area contributed by atoms with Crippen LogP contribution in [0.1, 0.15) is 30.2 Å². The summed E-state index contributed by atoms with van der Waals surface area (Å²) in [6, 6.07) is 13.0. The van der Waals surface area contributed by atoms with Gasteiger partial charge in [-0.1, -0.05) is 19.1 Å². The lowest BCUT2D eigenvalue weighted by molar-refractivity contribution is 0.392. The second-order valence-electron chi connectivity index (χ2n) is 5.91. The van der Waals surface area contributed by atoms with Gasteiger partial charge in [0.15, 0.2) is 0 Å². The molecule has 0 N–H and O–H groups in total. The molecule has 0 radical (unpaired) electrons. The summed E-state index contributed by atoms with van der Waals surface area (Å²) in [5.41, 5.74) is 2.39. The van der Waals surface area contributed by atoms with E-state index in [0.29, 0.717) is 6.10 Å². The quantitative estimate of drug-likeness (QED) is 0.566. The molecule has 1 saturated heterocycles. The van der Waals surface area contributed by atoms with Gasteiger partial charge in [0.1, 0.15) is 11.3 Å². The maximum absolute atomic E-state index is 6.08. The molecule has 2 nitrogen and oxygen atoms in total. The topological polar surface area (TPSA) is 25.7 Å². The van der Waals surface area contributed by atoms with E-state index < -0.39 is 0 Å². The molecule has 1 aliphatic rings. The normalized spacial score (nSPS) is 17.2. The largest absolute Gasteiger partial charge is 0.455 e. The Morgan fingerprint density at radius 2 is 2.14 bits per heavy atom. The lowest BCUT2D eigenvalue weighted by atomic mass is 10.0. The van der Waals surface area contributed by atoms with Gasteiger partial charge in [0, 0.05) is 10.3 Å². The lowest BCUT2D eigenvalue weighted by Crippen LogP contribution is -1.90. The van der Waals surface area contributed by atoms with Gasteiger partial charge in [-0.3, -0.25) is 0 Å². The van der Waals surface area contributed by atoms with Crippen molar-refractivity contribution in [1.82, 2.24) is 0 Å². The van der Waals surface area contributed by atoms with Crippen molar-refractivity contribution in [3.05, 3.63) is 46.8 Å². The van der Waals surface area contributed by atoms with Gasteiger partial charge in [-0.25, -0.2) is 0 Å². The summed E-state index contributed by atoms with van der Waals surface area (Å²) in [7, 11) is 0. The van der Waals surface area contributed by atoms with Crippen molar-refractivity contribution in [1.29, 1.82) is 0 Å². The number of thiophene rings is 1. The van der Waals surface area contributed by atoms with Crippen LogP contribution in [0, 0.1) is 0 Å². The van der Waals surface area contributed by atoms with Gasteiger partial charge >= 0.3 is 0 Å². The summed E-state index contributed by atoms with van der Waals surface area (Å²) in [5, 5.41) is 1.26. The first kappa shape index (κ1) is 14.0. The molecule has 0 saturated carbocycles. The molecule has 0 spiro atoms. The van der Waals surface area contributed by atoms with Gasteiger partial charge < -0.3 is 9.15 Å². The first-order valence-corrected chi connectivity index (χ1v) is 8.87. The Morgan fingerprint density at radius 3 is 2.91 bits per heavy atom. The number of hydrogen-bond acceptors (Lipinski definition) is 3. The van der Waals surface area contributed by atoms with Crippen molar-refractivity contribution >= 4 is 22.3 Å². The van der Waals surface area contributed by atoms with Gasteiger partial charge in [-0.2, -0.15) is 0 Å². The molecule has 0 unspecified atom stereocenters. The predicted octanol–water partition coefficient (Wildman–Crippen LogP) is 5.45. The molecule has 22 heavy (non-hydrogen) atoms. The van der Waals surface area contributed by atoms with Crippen LogP contribution in [0.2, 0.25) is 0 Å². The van der Waals surface area contributed by atoms with E-state index in [1.165, 1.54) is 33.5 Å². The summed E-state index contributed by atoms with van der Waals surface area (Å²) < 4.78 is 11.4. The average molecular weight is 312 g/mol. The number of epoxide rings is 1. The van der Waals surface area contributed by atoms with Crippen LogP contribution in [0.25, 0.3) is 21.6 Å². The molecule has 0 aliphatic carbocycles. The number of aryl methyl sites for hydroxylation is 2. The number of furan rings is 1. The zero-order chi connectivity index (χ0) is 14.9. The first-order chi connectivity index (χ1) is 10.8. The van der Waals surface area contributed by atoms with Crippen LogP contribution >= 0.6 is 11.3 Å². The van der Waals surface area contributed by atoms with Crippen molar-refractivity contribution in [3.63, 3.8) is 0 Å². The predicted molar refractivity (Wildman–Crippen MR) is 91.6 cm³/mol. The summed E-state index contributed by atoms with van der Waals surface area (Å²) >= 11 is 1.83. The maximum Gasteiger partial charge on any atom is 0.145 e. The maximum atomic E-state index is 6.08. The zero-order valence-electron chi connectivity index (χ0n) is 12.8. The third kappa shape index (κ3) is 2.83. The Bertz CT molecular complexity index is 780. The minimum absolute atomic E-state index is 0.526. The molecule has 3 heteroatoms. The van der Waals surface area contributed by atoms with Gasteiger partial charge in [0.25, 0.3) is 0 Å². The molecule has 1 fully saturated rings. The summed E-state index contributed by atoms with van der Waals surface area (Å²) in [6.07, 6.45) is 5.06. The Hall–Kier alpha value is -1.58. The molecule has 114 valence electrons. The van der Waals surface area contributed by atoms with E-state index in [0.717, 1.165) is 30.8 Å². The lowest BCUT2D eigenvalue weighted by Gasteiger charge is -2.01. The highest BCUT2D eigenvalue weighted by atomic mass is 32.1. The van der Waals surface area contributed by atoms with Crippen molar-refractivity contribution in [2.24, 2.45) is 0 Å². The highest BCUT2D eigenvalue weighted by Crippen LogP contribution is 2.34. The number of benzene rings is 1. The van der Waals surface area contributed by atoms with Crippen molar-refractivity contribution in [3.8, 4) is 10.6 Å². The van der Waals surface area contributed by atoms with Gasteiger partial charge in [-0.15, -0.1) is 11.3 Å². The number of hydrogen-bond donors (Lipinski definition) is 0. The number of fused-ring (bicyclic) bond motifs is 1. The summed E-state index contributed by atoms with van der Waals surface area (Å²) in [5.74, 6) is 0.998.